The Balaban J connectivity index is 2.09. The molecule has 1 amide bonds. The first-order chi connectivity index (χ1) is 9.56. The fraction of sp³-hybridized carbons (Fsp3) is 0.500. The molecular weight excluding hydrogens is 260 g/mol. The van der Waals surface area contributed by atoms with Crippen molar-refractivity contribution in [2.45, 2.75) is 13.5 Å². The average molecular weight is 278 g/mol. The van der Waals surface area contributed by atoms with E-state index in [-0.39, 0.29) is 11.7 Å². The van der Waals surface area contributed by atoms with Gasteiger partial charge in [0.15, 0.2) is 0 Å². The molecule has 108 valence electrons. The van der Waals surface area contributed by atoms with E-state index < -0.39 is 0 Å². The van der Waals surface area contributed by atoms with Gasteiger partial charge in [-0.05, 0) is 38.4 Å². The number of carbonyl (C=O) groups excluding carboxylic acids is 1. The molecule has 0 radical (unpaired) electrons. The number of aryl methyl sites for hydroxylation is 1. The molecule has 2 aromatic rings. The number of rotatable bonds is 6. The van der Waals surface area contributed by atoms with Gasteiger partial charge in [-0.2, -0.15) is 5.21 Å². The summed E-state index contributed by atoms with van der Waals surface area (Å²) in [4.78, 5) is 16.0. The van der Waals surface area contributed by atoms with Crippen LogP contribution in [0.25, 0.3) is 0 Å². The largest absolute Gasteiger partial charge is 0.464 e. The van der Waals surface area contributed by atoms with Gasteiger partial charge in [0.25, 0.3) is 11.7 Å². The maximum atomic E-state index is 12.3. The molecule has 0 saturated carbocycles. The van der Waals surface area contributed by atoms with Crippen molar-refractivity contribution in [2.24, 2.45) is 0 Å². The Kier molecular flexibility index (Phi) is 4.46. The number of hydrogen-bond donors (Lipinski definition) is 1. The lowest BCUT2D eigenvalue weighted by Crippen LogP contribution is -2.36. The highest BCUT2D eigenvalue weighted by Gasteiger charge is 2.21. The maximum absolute atomic E-state index is 12.3. The Hall–Kier alpha value is -2.22. The van der Waals surface area contributed by atoms with Crippen molar-refractivity contribution >= 4 is 5.91 Å². The number of likely N-dealkylation sites (N-methyl/N-ethyl adjacent to an activating group) is 1. The van der Waals surface area contributed by atoms with E-state index in [4.69, 9.17) is 4.42 Å². The molecule has 0 bridgehead atoms. The van der Waals surface area contributed by atoms with Gasteiger partial charge in [-0.1, -0.05) is 0 Å². The number of nitrogens with one attached hydrogen (secondary N) is 1. The molecule has 2 aromatic heterocycles. The monoisotopic (exact) mass is 278 g/mol. The molecule has 0 aliphatic rings. The Morgan fingerprint density at radius 1 is 1.35 bits per heavy atom. The molecule has 8 nitrogen and oxygen atoms in total. The van der Waals surface area contributed by atoms with Crippen LogP contribution in [0.5, 0.6) is 0 Å². The molecule has 2 rings (SSSR count). The van der Waals surface area contributed by atoms with E-state index in [2.05, 4.69) is 20.6 Å². The quantitative estimate of drug-likeness (QED) is 0.817. The van der Waals surface area contributed by atoms with Crippen LogP contribution in [0.15, 0.2) is 16.5 Å². The summed E-state index contributed by atoms with van der Waals surface area (Å²) >= 11 is 0. The van der Waals surface area contributed by atoms with Crippen LogP contribution in [0.4, 0.5) is 0 Å². The van der Waals surface area contributed by atoms with Gasteiger partial charge in [-0.25, -0.2) is 0 Å². The van der Waals surface area contributed by atoms with Crippen LogP contribution in [0.1, 0.15) is 22.1 Å². The molecular formula is C12H18N6O2. The zero-order chi connectivity index (χ0) is 14.5. The van der Waals surface area contributed by atoms with Crippen molar-refractivity contribution in [3.8, 4) is 0 Å². The topological polar surface area (TPSA) is 91.2 Å². The third kappa shape index (κ3) is 3.64. The number of hydrogen-bond acceptors (Lipinski definition) is 6. The normalized spacial score (nSPS) is 11.0. The highest BCUT2D eigenvalue weighted by molar-refractivity contribution is 5.90. The first-order valence-electron chi connectivity index (χ1n) is 6.29. The second-order valence-corrected chi connectivity index (χ2v) is 4.78. The van der Waals surface area contributed by atoms with E-state index in [0.29, 0.717) is 13.1 Å². The summed E-state index contributed by atoms with van der Waals surface area (Å²) in [7, 11) is 3.90. The fourth-order valence-electron chi connectivity index (χ4n) is 1.73. The molecule has 0 fully saturated rings. The molecule has 20 heavy (non-hydrogen) atoms. The van der Waals surface area contributed by atoms with E-state index in [1.165, 1.54) is 0 Å². The second-order valence-electron chi connectivity index (χ2n) is 4.78. The van der Waals surface area contributed by atoms with Crippen LogP contribution in [0.3, 0.4) is 0 Å². The predicted molar refractivity (Wildman–Crippen MR) is 70.9 cm³/mol. The van der Waals surface area contributed by atoms with Gasteiger partial charge in [0, 0.05) is 13.1 Å². The number of H-pyrrole nitrogens is 1. The minimum absolute atomic E-state index is 0.0621. The molecule has 0 atom stereocenters. The number of aromatic amines is 1. The number of furan rings is 1. The Morgan fingerprint density at radius 2 is 2.15 bits per heavy atom. The van der Waals surface area contributed by atoms with E-state index >= 15 is 0 Å². The van der Waals surface area contributed by atoms with Crippen LogP contribution in [0.2, 0.25) is 0 Å². The molecule has 0 aliphatic heterocycles. The van der Waals surface area contributed by atoms with Gasteiger partial charge >= 0.3 is 0 Å². The Bertz CT molecular complexity index is 548. The lowest BCUT2D eigenvalue weighted by Gasteiger charge is -2.22. The van der Waals surface area contributed by atoms with Gasteiger partial charge < -0.3 is 14.2 Å². The number of nitrogens with zero attached hydrogens (tertiary/aromatic N) is 5. The number of aromatic nitrogens is 4. The summed E-state index contributed by atoms with van der Waals surface area (Å²) < 4.78 is 5.52. The van der Waals surface area contributed by atoms with Crippen molar-refractivity contribution in [3.63, 3.8) is 0 Å². The summed E-state index contributed by atoms with van der Waals surface area (Å²) in [6.07, 6.45) is 0. The zero-order valence-corrected chi connectivity index (χ0v) is 11.8. The predicted octanol–water partition coefficient (Wildman–Crippen LogP) is 0.305. The smallest absolute Gasteiger partial charge is 0.295 e. The third-order valence-corrected chi connectivity index (χ3v) is 2.78. The molecule has 0 aliphatic carbocycles. The third-order valence-electron chi connectivity index (χ3n) is 2.78. The molecule has 0 unspecified atom stereocenters. The molecule has 0 spiro atoms. The van der Waals surface area contributed by atoms with Gasteiger partial charge in [0.1, 0.15) is 11.5 Å². The van der Waals surface area contributed by atoms with Crippen molar-refractivity contribution in [1.82, 2.24) is 30.4 Å². The highest BCUT2D eigenvalue weighted by Crippen LogP contribution is 2.11. The fourth-order valence-corrected chi connectivity index (χ4v) is 1.73. The van der Waals surface area contributed by atoms with E-state index in [0.717, 1.165) is 18.1 Å². The number of carbonyl (C=O) groups is 1. The summed E-state index contributed by atoms with van der Waals surface area (Å²) in [5, 5.41) is 13.2. The van der Waals surface area contributed by atoms with Crippen LogP contribution in [-0.4, -0.2) is 63.5 Å². The Morgan fingerprint density at radius 3 is 2.70 bits per heavy atom. The van der Waals surface area contributed by atoms with Gasteiger partial charge in [0.2, 0.25) is 0 Å². The van der Waals surface area contributed by atoms with Gasteiger partial charge in [-0.3, -0.25) is 4.79 Å². The van der Waals surface area contributed by atoms with Crippen LogP contribution >= 0.6 is 0 Å². The Labute approximate surface area is 116 Å². The first-order valence-corrected chi connectivity index (χ1v) is 6.29. The summed E-state index contributed by atoms with van der Waals surface area (Å²) in [6.45, 7) is 3.55. The van der Waals surface area contributed by atoms with Gasteiger partial charge in [0.05, 0.1) is 6.54 Å². The van der Waals surface area contributed by atoms with Crippen LogP contribution < -0.4 is 0 Å². The van der Waals surface area contributed by atoms with Crippen LogP contribution in [0, 0.1) is 6.92 Å². The van der Waals surface area contributed by atoms with E-state index in [1.807, 2.05) is 38.1 Å². The van der Waals surface area contributed by atoms with E-state index in [1.54, 1.807) is 4.90 Å². The van der Waals surface area contributed by atoms with Crippen molar-refractivity contribution in [1.29, 1.82) is 0 Å². The molecule has 8 heteroatoms. The summed E-state index contributed by atoms with van der Waals surface area (Å²) in [5.74, 6) is 1.35. The average Bonchev–Trinajstić information content (AvgIpc) is 3.04. The number of amides is 1. The van der Waals surface area contributed by atoms with Gasteiger partial charge in [-0.15, -0.1) is 10.2 Å². The molecule has 0 saturated heterocycles. The lowest BCUT2D eigenvalue weighted by atomic mass is 10.3. The zero-order valence-electron chi connectivity index (χ0n) is 11.8. The number of tetrazole rings is 1. The highest BCUT2D eigenvalue weighted by atomic mass is 16.3. The minimum Gasteiger partial charge on any atom is -0.464 e. The maximum Gasteiger partial charge on any atom is 0.295 e. The van der Waals surface area contributed by atoms with E-state index in [9.17, 15) is 4.79 Å². The molecule has 0 aromatic carbocycles. The van der Waals surface area contributed by atoms with Crippen molar-refractivity contribution in [3.05, 3.63) is 29.5 Å². The standard InChI is InChI=1S/C12H18N6O2/c1-9-4-5-10(20-9)8-18(7-6-17(2)3)12(19)11-13-15-16-14-11/h4-5H,6-8H2,1-3H3,(H,13,14,15,16). The van der Waals surface area contributed by atoms with Crippen LogP contribution in [-0.2, 0) is 6.54 Å². The lowest BCUT2D eigenvalue weighted by molar-refractivity contribution is 0.0707. The summed E-state index contributed by atoms with van der Waals surface area (Å²) in [6, 6.07) is 3.74. The molecule has 1 N–H and O–H groups in total. The summed E-state index contributed by atoms with van der Waals surface area (Å²) in [5.41, 5.74) is 0. The SMILES string of the molecule is Cc1ccc(CN(CCN(C)C)C(=O)c2nn[nH]n2)o1. The second kappa shape index (κ2) is 6.29. The van der Waals surface area contributed by atoms with Crippen molar-refractivity contribution in [2.75, 3.05) is 27.2 Å². The minimum atomic E-state index is -0.269. The first kappa shape index (κ1) is 14.2. The molecule has 2 heterocycles. The van der Waals surface area contributed by atoms with Crippen molar-refractivity contribution < 1.29 is 9.21 Å².